The number of benzene rings is 1. The molecule has 1 heterocycles. The zero-order valence-corrected chi connectivity index (χ0v) is 16.9. The Balaban J connectivity index is 2.40. The number of carboxylic acid groups (broad SMARTS) is 1. The van der Waals surface area contributed by atoms with E-state index in [9.17, 15) is 14.7 Å². The molecular weight excluding hydrogens is 350 g/mol. The molecule has 0 saturated carbocycles. The molecule has 0 spiro atoms. The van der Waals surface area contributed by atoms with Crippen LogP contribution in [0.15, 0.2) is 23.4 Å². The van der Waals surface area contributed by atoms with E-state index in [0.717, 1.165) is 0 Å². The Hall–Kier alpha value is -2.57. The van der Waals surface area contributed by atoms with Crippen LogP contribution in [0.3, 0.4) is 0 Å². The molecule has 0 fully saturated rings. The number of carboxylic acids is 1. The average molecular weight is 377 g/mol. The molecule has 0 saturated heterocycles. The van der Waals surface area contributed by atoms with Crippen LogP contribution in [0.5, 0.6) is 5.75 Å². The number of carbonyl (C=O) groups is 2. The van der Waals surface area contributed by atoms with Gasteiger partial charge in [-0.3, -0.25) is 0 Å². The smallest absolute Gasteiger partial charge is 0.354 e. The van der Waals surface area contributed by atoms with E-state index in [0.29, 0.717) is 11.3 Å². The largest absolute Gasteiger partial charge is 0.496 e. The van der Waals surface area contributed by atoms with Gasteiger partial charge >= 0.3 is 11.9 Å². The van der Waals surface area contributed by atoms with Gasteiger partial charge in [-0.25, -0.2) is 9.59 Å². The SMILES string of the molecule is COc1ccc(C2=NOC(C(=O)OC(C)(C)C)(C(C)(C)C)C2)cc1C(=O)O. The highest BCUT2D eigenvalue weighted by Gasteiger charge is 2.57. The van der Waals surface area contributed by atoms with E-state index in [1.165, 1.54) is 13.2 Å². The van der Waals surface area contributed by atoms with Crippen molar-refractivity contribution >= 4 is 17.7 Å². The lowest BCUT2D eigenvalue weighted by atomic mass is 9.73. The molecule has 1 aliphatic heterocycles. The molecule has 0 aliphatic carbocycles. The zero-order valence-electron chi connectivity index (χ0n) is 16.9. The topological polar surface area (TPSA) is 94.4 Å². The van der Waals surface area contributed by atoms with E-state index >= 15 is 0 Å². The summed E-state index contributed by atoms with van der Waals surface area (Å²) in [5.41, 5.74) is -1.49. The molecule has 0 bridgehead atoms. The number of rotatable bonds is 4. The summed E-state index contributed by atoms with van der Waals surface area (Å²) in [5, 5.41) is 13.5. The second-order valence-corrected chi connectivity index (χ2v) is 8.61. The molecule has 0 radical (unpaired) electrons. The Morgan fingerprint density at radius 1 is 1.19 bits per heavy atom. The van der Waals surface area contributed by atoms with Crippen molar-refractivity contribution < 1.29 is 29.0 Å². The molecule has 1 aromatic rings. The molecule has 1 aliphatic rings. The van der Waals surface area contributed by atoms with Gasteiger partial charge in [0.05, 0.1) is 12.8 Å². The summed E-state index contributed by atoms with van der Waals surface area (Å²) in [7, 11) is 1.41. The van der Waals surface area contributed by atoms with E-state index in [1.54, 1.807) is 32.9 Å². The minimum atomic E-state index is -1.29. The molecular formula is C20H27NO6. The molecule has 1 unspecified atom stereocenters. The molecule has 148 valence electrons. The van der Waals surface area contributed by atoms with Crippen molar-refractivity contribution in [2.75, 3.05) is 7.11 Å². The summed E-state index contributed by atoms with van der Waals surface area (Å²) in [4.78, 5) is 30.1. The molecule has 0 aromatic heterocycles. The van der Waals surface area contributed by atoms with Crippen LogP contribution in [0.1, 0.15) is 63.9 Å². The first kappa shape index (κ1) is 20.7. The average Bonchev–Trinajstić information content (AvgIpc) is 2.99. The first-order valence-corrected chi connectivity index (χ1v) is 8.71. The van der Waals surface area contributed by atoms with Crippen LogP contribution in [0.4, 0.5) is 0 Å². The number of hydrogen-bond donors (Lipinski definition) is 1. The minimum absolute atomic E-state index is 0.0169. The third-order valence-electron chi connectivity index (χ3n) is 4.43. The van der Waals surface area contributed by atoms with E-state index in [4.69, 9.17) is 14.3 Å². The third-order valence-corrected chi connectivity index (χ3v) is 4.43. The number of aromatic carboxylic acids is 1. The highest BCUT2D eigenvalue weighted by molar-refractivity contribution is 6.06. The van der Waals surface area contributed by atoms with Crippen molar-refractivity contribution in [3.05, 3.63) is 29.3 Å². The minimum Gasteiger partial charge on any atom is -0.496 e. The number of oxime groups is 1. The van der Waals surface area contributed by atoms with E-state index in [2.05, 4.69) is 5.16 Å². The lowest BCUT2D eigenvalue weighted by Crippen LogP contribution is -2.53. The number of ether oxygens (including phenoxy) is 2. The fourth-order valence-electron chi connectivity index (χ4n) is 2.82. The maximum absolute atomic E-state index is 12.9. The highest BCUT2D eigenvalue weighted by atomic mass is 16.7. The number of nitrogens with zero attached hydrogens (tertiary/aromatic N) is 1. The molecule has 7 heteroatoms. The molecule has 2 rings (SSSR count). The Morgan fingerprint density at radius 2 is 1.81 bits per heavy atom. The molecule has 1 aromatic carbocycles. The normalized spacial score (nSPS) is 19.9. The van der Waals surface area contributed by atoms with Crippen molar-refractivity contribution in [3.63, 3.8) is 0 Å². The van der Waals surface area contributed by atoms with Crippen LogP contribution in [0, 0.1) is 5.41 Å². The van der Waals surface area contributed by atoms with Crippen LogP contribution in [-0.2, 0) is 14.4 Å². The summed E-state index contributed by atoms with van der Waals surface area (Å²) in [6.07, 6.45) is 0.177. The van der Waals surface area contributed by atoms with Gasteiger partial charge in [-0.1, -0.05) is 25.9 Å². The summed E-state index contributed by atoms with van der Waals surface area (Å²) in [6.45, 7) is 11.0. The second-order valence-electron chi connectivity index (χ2n) is 8.61. The van der Waals surface area contributed by atoms with Crippen LogP contribution >= 0.6 is 0 Å². The Bertz CT molecular complexity index is 785. The van der Waals surface area contributed by atoms with Gasteiger partial charge in [-0.15, -0.1) is 0 Å². The molecule has 7 nitrogen and oxygen atoms in total. The Morgan fingerprint density at radius 3 is 2.30 bits per heavy atom. The van der Waals surface area contributed by atoms with Crippen LogP contribution < -0.4 is 4.74 Å². The van der Waals surface area contributed by atoms with Gasteiger partial charge in [0.2, 0.25) is 5.60 Å². The number of esters is 1. The van der Waals surface area contributed by atoms with Gasteiger partial charge in [0.1, 0.15) is 16.9 Å². The predicted octanol–water partition coefficient (Wildman–Crippen LogP) is 3.64. The van der Waals surface area contributed by atoms with Crippen molar-refractivity contribution in [2.45, 2.75) is 59.2 Å². The number of methoxy groups -OCH3 is 1. The standard InChI is InChI=1S/C20H27NO6/c1-18(2,3)20(17(24)26-19(4,5)6)11-14(21-27-20)12-8-9-15(25-7)13(10-12)16(22)23/h8-10H,11H2,1-7H3,(H,22,23). The molecule has 0 amide bonds. The molecule has 1 N–H and O–H groups in total. The zero-order chi connectivity index (χ0) is 20.6. The molecule has 27 heavy (non-hydrogen) atoms. The van der Waals surface area contributed by atoms with Gasteiger partial charge in [-0.05, 0) is 39.0 Å². The lowest BCUT2D eigenvalue weighted by Gasteiger charge is -2.38. The fourth-order valence-corrected chi connectivity index (χ4v) is 2.82. The van der Waals surface area contributed by atoms with E-state index in [-0.39, 0.29) is 17.7 Å². The van der Waals surface area contributed by atoms with Crippen LogP contribution in [0.2, 0.25) is 0 Å². The summed E-state index contributed by atoms with van der Waals surface area (Å²) < 4.78 is 10.7. The maximum atomic E-state index is 12.9. The fraction of sp³-hybridized carbons (Fsp3) is 0.550. The van der Waals surface area contributed by atoms with Gasteiger partial charge in [0, 0.05) is 17.4 Å². The van der Waals surface area contributed by atoms with E-state index in [1.807, 2.05) is 20.8 Å². The van der Waals surface area contributed by atoms with Crippen molar-refractivity contribution in [1.82, 2.24) is 0 Å². The maximum Gasteiger partial charge on any atom is 0.354 e. The first-order chi connectivity index (χ1) is 12.3. The predicted molar refractivity (Wildman–Crippen MR) is 100 cm³/mol. The first-order valence-electron chi connectivity index (χ1n) is 8.71. The van der Waals surface area contributed by atoms with E-state index < -0.39 is 28.6 Å². The lowest BCUT2D eigenvalue weighted by molar-refractivity contribution is -0.195. The van der Waals surface area contributed by atoms with Gasteiger partial charge < -0.3 is 19.4 Å². The van der Waals surface area contributed by atoms with Crippen LogP contribution in [-0.4, -0.2) is 41.1 Å². The van der Waals surface area contributed by atoms with Gasteiger partial charge in [0.15, 0.2) is 0 Å². The summed E-state index contributed by atoms with van der Waals surface area (Å²) >= 11 is 0. The third kappa shape index (κ3) is 4.07. The highest BCUT2D eigenvalue weighted by Crippen LogP contribution is 2.43. The summed E-state index contributed by atoms with van der Waals surface area (Å²) in [6, 6.07) is 4.73. The molecule has 1 atom stereocenters. The number of carbonyl (C=O) groups excluding carboxylic acids is 1. The Labute approximate surface area is 159 Å². The number of hydrogen-bond acceptors (Lipinski definition) is 6. The quantitative estimate of drug-likeness (QED) is 0.805. The van der Waals surface area contributed by atoms with Crippen molar-refractivity contribution in [1.29, 1.82) is 0 Å². The summed E-state index contributed by atoms with van der Waals surface area (Å²) in [5.74, 6) is -1.35. The van der Waals surface area contributed by atoms with Gasteiger partial charge in [-0.2, -0.15) is 0 Å². The van der Waals surface area contributed by atoms with Gasteiger partial charge in [0.25, 0.3) is 0 Å². The Kier molecular flexibility index (Phi) is 5.27. The van der Waals surface area contributed by atoms with Crippen LogP contribution in [0.25, 0.3) is 0 Å². The second kappa shape index (κ2) is 6.87. The van der Waals surface area contributed by atoms with Crippen molar-refractivity contribution in [3.8, 4) is 5.75 Å². The van der Waals surface area contributed by atoms with Crippen molar-refractivity contribution in [2.24, 2.45) is 10.6 Å². The monoisotopic (exact) mass is 377 g/mol.